The highest BCUT2D eigenvalue weighted by atomic mass is 16.7. The molecule has 2 saturated heterocycles. The Labute approximate surface area is 116 Å². The number of hydrogen-bond donors (Lipinski definition) is 3. The van der Waals surface area contributed by atoms with Crippen molar-refractivity contribution < 1.29 is 29.5 Å². The lowest BCUT2D eigenvalue weighted by Crippen LogP contribution is -2.46. The molecule has 6 atom stereocenters. The maximum absolute atomic E-state index is 10.7. The molecule has 8 nitrogen and oxygen atoms in total. The molecule has 2 fully saturated rings. The largest absolute Gasteiger partial charge is 0.394 e. The first kappa shape index (κ1) is 15.7. The molecular weight excluding hydrogens is 270 g/mol. The van der Waals surface area contributed by atoms with Gasteiger partial charge in [0.05, 0.1) is 38.1 Å². The Morgan fingerprint density at radius 1 is 1.20 bits per heavy atom. The first-order valence-corrected chi connectivity index (χ1v) is 6.81. The lowest BCUT2D eigenvalue weighted by atomic mass is 10.0. The van der Waals surface area contributed by atoms with Crippen LogP contribution < -0.4 is 0 Å². The first-order valence-electron chi connectivity index (χ1n) is 6.81. The number of ether oxygens (including phenoxy) is 3. The van der Waals surface area contributed by atoms with Gasteiger partial charge in [-0.25, -0.2) is 0 Å². The van der Waals surface area contributed by atoms with E-state index in [1.807, 2.05) is 0 Å². The van der Waals surface area contributed by atoms with E-state index < -0.39 is 30.6 Å². The standard InChI is InChI=1S/C12H21NO7/c14-4-8-1-7(16)2-12(19-8)20-9-3-10(13-17)11(5-15)18-6-9/h7-12,14-16H,1-6H2/t7-,8-,9-,10+,11-,12-/m1/s1. The summed E-state index contributed by atoms with van der Waals surface area (Å²) in [6, 6.07) is -0.652. The fourth-order valence-electron chi connectivity index (χ4n) is 2.58. The van der Waals surface area contributed by atoms with Gasteiger partial charge in [-0.15, -0.1) is 0 Å². The van der Waals surface area contributed by atoms with Gasteiger partial charge in [0.15, 0.2) is 6.29 Å². The summed E-state index contributed by atoms with van der Waals surface area (Å²) in [4.78, 5) is 10.7. The molecule has 0 unspecified atom stereocenters. The number of aliphatic hydroxyl groups excluding tert-OH is 3. The van der Waals surface area contributed by atoms with Gasteiger partial charge in [0.1, 0.15) is 12.1 Å². The molecule has 0 aromatic rings. The molecule has 0 aliphatic carbocycles. The summed E-state index contributed by atoms with van der Waals surface area (Å²) in [7, 11) is 0. The Morgan fingerprint density at radius 2 is 2.00 bits per heavy atom. The second-order valence-corrected chi connectivity index (χ2v) is 5.22. The van der Waals surface area contributed by atoms with Crippen LogP contribution in [0.1, 0.15) is 19.3 Å². The maximum atomic E-state index is 10.7. The van der Waals surface area contributed by atoms with E-state index in [0.717, 1.165) is 0 Å². The Hall–Kier alpha value is -0.640. The summed E-state index contributed by atoms with van der Waals surface area (Å²) >= 11 is 0. The fourth-order valence-corrected chi connectivity index (χ4v) is 2.58. The molecule has 20 heavy (non-hydrogen) atoms. The lowest BCUT2D eigenvalue weighted by molar-refractivity contribution is -0.254. The topological polar surface area (TPSA) is 118 Å². The third-order valence-corrected chi connectivity index (χ3v) is 3.64. The molecule has 116 valence electrons. The van der Waals surface area contributed by atoms with Gasteiger partial charge >= 0.3 is 0 Å². The summed E-state index contributed by atoms with van der Waals surface area (Å²) < 4.78 is 16.5. The summed E-state index contributed by atoms with van der Waals surface area (Å²) in [5.41, 5.74) is 0. The van der Waals surface area contributed by atoms with E-state index in [-0.39, 0.29) is 25.9 Å². The molecule has 0 spiro atoms. The van der Waals surface area contributed by atoms with Crippen LogP contribution in [0.3, 0.4) is 0 Å². The number of hydrogen-bond acceptors (Lipinski definition) is 8. The van der Waals surface area contributed by atoms with Crippen LogP contribution >= 0.6 is 0 Å². The minimum Gasteiger partial charge on any atom is -0.394 e. The normalized spacial score (nSPS) is 42.4. The molecule has 2 aliphatic rings. The van der Waals surface area contributed by atoms with Gasteiger partial charge in [-0.3, -0.25) is 0 Å². The Balaban J connectivity index is 1.85. The number of aliphatic hydroxyl groups is 3. The minimum absolute atomic E-state index is 0.177. The van der Waals surface area contributed by atoms with Crippen molar-refractivity contribution in [1.82, 2.24) is 0 Å². The Morgan fingerprint density at radius 3 is 2.65 bits per heavy atom. The van der Waals surface area contributed by atoms with Gasteiger partial charge in [0.25, 0.3) is 0 Å². The van der Waals surface area contributed by atoms with Crippen LogP contribution in [0.4, 0.5) is 0 Å². The van der Waals surface area contributed by atoms with Crippen molar-refractivity contribution >= 4 is 0 Å². The summed E-state index contributed by atoms with van der Waals surface area (Å²) in [6.07, 6.45) is -1.60. The summed E-state index contributed by atoms with van der Waals surface area (Å²) in [6.45, 7) is -0.200. The third-order valence-electron chi connectivity index (χ3n) is 3.64. The zero-order chi connectivity index (χ0) is 14.5. The highest BCUT2D eigenvalue weighted by molar-refractivity contribution is 4.85. The Bertz CT molecular complexity index is 316. The number of nitrogens with zero attached hydrogens (tertiary/aromatic N) is 1. The highest BCUT2D eigenvalue weighted by Gasteiger charge is 2.36. The third kappa shape index (κ3) is 3.94. The minimum atomic E-state index is -0.652. The molecule has 2 heterocycles. The first-order chi connectivity index (χ1) is 9.66. The highest BCUT2D eigenvalue weighted by Crippen LogP contribution is 2.25. The van der Waals surface area contributed by atoms with Crippen LogP contribution in [0.25, 0.3) is 0 Å². The van der Waals surface area contributed by atoms with Crippen molar-refractivity contribution in [2.75, 3.05) is 19.8 Å². The molecule has 0 aromatic carbocycles. The van der Waals surface area contributed by atoms with Crippen molar-refractivity contribution in [3.63, 3.8) is 0 Å². The monoisotopic (exact) mass is 291 g/mol. The van der Waals surface area contributed by atoms with E-state index in [1.165, 1.54) is 0 Å². The van der Waals surface area contributed by atoms with Gasteiger partial charge < -0.3 is 29.5 Å². The molecule has 2 rings (SSSR count). The van der Waals surface area contributed by atoms with Crippen LogP contribution in [0.5, 0.6) is 0 Å². The zero-order valence-corrected chi connectivity index (χ0v) is 11.1. The second kappa shape index (κ2) is 7.39. The van der Waals surface area contributed by atoms with E-state index in [4.69, 9.17) is 24.4 Å². The lowest BCUT2D eigenvalue weighted by Gasteiger charge is -2.37. The van der Waals surface area contributed by atoms with E-state index in [9.17, 15) is 10.0 Å². The van der Waals surface area contributed by atoms with Crippen molar-refractivity contribution in [3.05, 3.63) is 4.91 Å². The Kier molecular flexibility index (Phi) is 5.82. The SMILES string of the molecule is O=N[C@H]1C[C@@H](O[C@@H]2C[C@H](O)C[C@H](CO)O2)CO[C@@H]1CO. The molecule has 2 aliphatic heterocycles. The number of nitroso groups, excluding NO2 is 1. The van der Waals surface area contributed by atoms with Crippen LogP contribution in [-0.4, -0.2) is 71.9 Å². The van der Waals surface area contributed by atoms with E-state index in [1.54, 1.807) is 0 Å². The van der Waals surface area contributed by atoms with E-state index in [2.05, 4.69) is 5.18 Å². The average molecular weight is 291 g/mol. The molecule has 0 aromatic heterocycles. The zero-order valence-electron chi connectivity index (χ0n) is 11.1. The van der Waals surface area contributed by atoms with Crippen LogP contribution in [0.15, 0.2) is 5.18 Å². The van der Waals surface area contributed by atoms with Crippen LogP contribution in [-0.2, 0) is 14.2 Å². The molecule has 8 heteroatoms. The van der Waals surface area contributed by atoms with Gasteiger partial charge in [-0.1, -0.05) is 5.18 Å². The van der Waals surface area contributed by atoms with Gasteiger partial charge in [0, 0.05) is 19.3 Å². The van der Waals surface area contributed by atoms with Crippen molar-refractivity contribution in [1.29, 1.82) is 0 Å². The second-order valence-electron chi connectivity index (χ2n) is 5.22. The summed E-state index contributed by atoms with van der Waals surface area (Å²) in [5, 5.41) is 30.8. The smallest absolute Gasteiger partial charge is 0.161 e. The molecule has 0 radical (unpaired) electrons. The van der Waals surface area contributed by atoms with E-state index >= 15 is 0 Å². The molecule has 0 saturated carbocycles. The molecular formula is C12H21NO7. The van der Waals surface area contributed by atoms with Gasteiger partial charge in [0.2, 0.25) is 0 Å². The van der Waals surface area contributed by atoms with Crippen molar-refractivity contribution in [3.8, 4) is 0 Å². The predicted molar refractivity (Wildman–Crippen MR) is 66.9 cm³/mol. The average Bonchev–Trinajstić information content (AvgIpc) is 2.46. The molecule has 0 amide bonds. The van der Waals surface area contributed by atoms with Crippen molar-refractivity contribution in [2.45, 2.75) is 56.0 Å². The number of rotatable bonds is 5. The van der Waals surface area contributed by atoms with Crippen LogP contribution in [0.2, 0.25) is 0 Å². The summed E-state index contributed by atoms with van der Waals surface area (Å²) in [5.74, 6) is 0. The van der Waals surface area contributed by atoms with E-state index in [0.29, 0.717) is 19.3 Å². The predicted octanol–water partition coefficient (Wildman–Crippen LogP) is -0.854. The van der Waals surface area contributed by atoms with Crippen molar-refractivity contribution in [2.24, 2.45) is 5.18 Å². The quantitative estimate of drug-likeness (QED) is 0.564. The molecule has 3 N–H and O–H groups in total. The van der Waals surface area contributed by atoms with Gasteiger partial charge in [-0.2, -0.15) is 4.91 Å². The fraction of sp³-hybridized carbons (Fsp3) is 1.00. The van der Waals surface area contributed by atoms with Crippen LogP contribution in [0, 0.1) is 4.91 Å². The molecule has 0 bridgehead atoms. The maximum Gasteiger partial charge on any atom is 0.161 e. The van der Waals surface area contributed by atoms with Gasteiger partial charge in [-0.05, 0) is 0 Å².